The number of benzene rings is 5. The summed E-state index contributed by atoms with van der Waals surface area (Å²) in [7, 11) is 1.35. The number of fused-ring (bicyclic) bond motifs is 1. The highest BCUT2D eigenvalue weighted by Gasteiger charge is 2.55. The molecule has 1 fully saturated rings. The van der Waals surface area contributed by atoms with Crippen LogP contribution >= 0.6 is 34.4 Å². The van der Waals surface area contributed by atoms with Crippen molar-refractivity contribution in [3.05, 3.63) is 224 Å². The van der Waals surface area contributed by atoms with Crippen molar-refractivity contribution in [1.82, 2.24) is 20.2 Å². The van der Waals surface area contributed by atoms with Gasteiger partial charge < -0.3 is 20.2 Å². The smallest absolute Gasteiger partial charge is 0.356 e. The van der Waals surface area contributed by atoms with Crippen molar-refractivity contribution in [2.45, 2.75) is 30.0 Å². The lowest BCUT2D eigenvalue weighted by Crippen LogP contribution is -2.71. The molecule has 0 aliphatic carbocycles. The number of amides is 2. The molecule has 2 unspecified atom stereocenters. The molecule has 9 rings (SSSR count). The zero-order valence-corrected chi connectivity index (χ0v) is 37.7. The molecule has 2 N–H and O–H groups in total. The average molecular weight is 915 g/mol. The maximum absolute atomic E-state index is 14.5. The predicted molar refractivity (Wildman–Crippen MR) is 257 cm³/mol. The van der Waals surface area contributed by atoms with Gasteiger partial charge in [0.05, 0.1) is 11.2 Å². The Bertz CT molecular complexity index is 2750. The number of aromatic nitrogens is 2. The molecule has 4 heterocycles. The first kappa shape index (κ1) is 43.1. The topological polar surface area (TPSA) is 135 Å². The van der Waals surface area contributed by atoms with E-state index in [1.807, 2.05) is 134 Å². The summed E-state index contributed by atoms with van der Waals surface area (Å²) in [5, 5.41) is 12.4. The van der Waals surface area contributed by atoms with Gasteiger partial charge in [-0.1, -0.05) is 163 Å². The maximum atomic E-state index is 14.5. The number of allylic oxidation sites excluding steroid dienone is 1. The molecule has 65 heavy (non-hydrogen) atoms. The Labute approximate surface area is 388 Å². The molecule has 2 aliphatic rings. The lowest BCUT2D eigenvalue weighted by molar-refractivity contribution is -0.154. The van der Waals surface area contributed by atoms with Crippen LogP contribution in [-0.2, 0) is 29.5 Å². The van der Waals surface area contributed by atoms with Gasteiger partial charge >= 0.3 is 5.97 Å². The van der Waals surface area contributed by atoms with Crippen LogP contribution in [-0.4, -0.2) is 62.6 Å². The Morgan fingerprint density at radius 2 is 1.35 bits per heavy atom. The predicted octanol–water partition coefficient (Wildman–Crippen LogP) is 9.36. The minimum atomic E-state index is -0.983. The summed E-state index contributed by atoms with van der Waals surface area (Å²) in [6, 6.07) is 48.4. The molecule has 2 aliphatic heterocycles. The number of carbonyl (C=O) groups excluding carboxylic acids is 3. The highest BCUT2D eigenvalue weighted by Crippen LogP contribution is 2.43. The Balaban J connectivity index is 0.993. The number of anilines is 1. The second-order valence-corrected chi connectivity index (χ2v) is 18.0. The number of carbonyl (C=O) groups is 3. The van der Waals surface area contributed by atoms with Crippen molar-refractivity contribution in [1.29, 1.82) is 0 Å². The quantitative estimate of drug-likeness (QED) is 0.0339. The Hall–Kier alpha value is -7.13. The van der Waals surface area contributed by atoms with Gasteiger partial charge in [0, 0.05) is 16.0 Å². The molecular formula is C51H42N6O5S3. The number of hydrogen-bond acceptors (Lipinski definition) is 12. The van der Waals surface area contributed by atoms with Crippen LogP contribution in [0.3, 0.4) is 0 Å². The highest BCUT2D eigenvalue weighted by molar-refractivity contribution is 8.00. The lowest BCUT2D eigenvalue weighted by atomic mass is 9.77. The molecule has 14 heteroatoms. The molecule has 1 saturated heterocycles. The van der Waals surface area contributed by atoms with Gasteiger partial charge in [0.25, 0.3) is 11.8 Å². The fourth-order valence-electron chi connectivity index (χ4n) is 8.04. The number of aryl methyl sites for hydroxylation is 1. The first-order valence-electron chi connectivity index (χ1n) is 20.7. The summed E-state index contributed by atoms with van der Waals surface area (Å²) < 4.78 is 6.34. The number of oxime groups is 1. The van der Waals surface area contributed by atoms with Gasteiger partial charge in [0.15, 0.2) is 16.9 Å². The van der Waals surface area contributed by atoms with E-state index in [0.717, 1.165) is 38.4 Å². The molecule has 324 valence electrons. The minimum Gasteiger partial charge on any atom is -0.448 e. The molecule has 0 bridgehead atoms. The van der Waals surface area contributed by atoms with Crippen molar-refractivity contribution in [2.24, 2.45) is 5.16 Å². The van der Waals surface area contributed by atoms with E-state index < -0.39 is 40.8 Å². The Kier molecular flexibility index (Phi) is 12.8. The first-order chi connectivity index (χ1) is 31.9. The number of nitrogens with one attached hydrogen (secondary N) is 2. The van der Waals surface area contributed by atoms with Gasteiger partial charge in [0.1, 0.15) is 35.5 Å². The molecule has 11 nitrogen and oxygen atoms in total. The third-order valence-corrected chi connectivity index (χ3v) is 14.1. The van der Waals surface area contributed by atoms with E-state index in [9.17, 15) is 14.4 Å². The number of hydrogen-bond donors (Lipinski definition) is 2. The van der Waals surface area contributed by atoms with E-state index in [4.69, 9.17) is 14.6 Å². The summed E-state index contributed by atoms with van der Waals surface area (Å²) in [5.41, 5.74) is 7.16. The highest BCUT2D eigenvalue weighted by atomic mass is 32.2. The number of rotatable bonds is 15. The van der Waals surface area contributed by atoms with Gasteiger partial charge in [-0.2, -0.15) is 0 Å². The largest absolute Gasteiger partial charge is 0.448 e. The molecule has 0 radical (unpaired) electrons. The summed E-state index contributed by atoms with van der Waals surface area (Å²) >= 11 is 4.23. The number of ether oxygens (including phenoxy) is 1. The van der Waals surface area contributed by atoms with E-state index in [2.05, 4.69) is 57.2 Å². The fraction of sp³-hybridized carbons (Fsp3) is 0.137. The fourth-order valence-corrected chi connectivity index (χ4v) is 10.8. The van der Waals surface area contributed by atoms with Crippen LogP contribution in [0.1, 0.15) is 50.2 Å². The summed E-state index contributed by atoms with van der Waals surface area (Å²) in [4.78, 5) is 59.9. The van der Waals surface area contributed by atoms with E-state index in [1.165, 1.54) is 46.4 Å². The van der Waals surface area contributed by atoms with Crippen molar-refractivity contribution < 1.29 is 24.0 Å². The van der Waals surface area contributed by atoms with Crippen molar-refractivity contribution in [2.75, 3.05) is 18.2 Å². The van der Waals surface area contributed by atoms with Crippen LogP contribution in [0.5, 0.6) is 0 Å². The number of nitrogens with zero attached hydrogens (tertiary/aromatic N) is 4. The number of esters is 1. The molecule has 2 atom stereocenters. The third-order valence-electron chi connectivity index (χ3n) is 11.2. The molecule has 5 aromatic carbocycles. The standard InChI is InChI=1S/C51H42N6O5S3/c1-33-41(65-32-52-33)29-28-36-30-63-48-43(47(59)57(48)44(36)49(60)62-45(34-18-8-3-9-19-34)35-20-10-4-11-21-35)54-46(58)42(56-61-2)40-31-64-50(53-40)55-51(37-22-12-5-13-23-37,38-24-14-6-15-25-38)39-26-16-7-17-27-39/h3-29,31-32,43,45,48H,30H2,1-2H3,(H,53,55)(H,54,58)/b29-28+,56-42-. The minimum absolute atomic E-state index is 0.110. The van der Waals surface area contributed by atoms with E-state index in [1.54, 1.807) is 10.9 Å². The number of thiazole rings is 2. The molecule has 0 spiro atoms. The van der Waals surface area contributed by atoms with Crippen LogP contribution in [0, 0.1) is 6.92 Å². The number of thioether (sulfide) groups is 1. The van der Waals surface area contributed by atoms with Crippen LogP contribution in [0.25, 0.3) is 6.08 Å². The molecule has 0 saturated carbocycles. The SMILES string of the molecule is CO/N=C(\C(=O)NC1C(=O)N2C(C(=O)OC(c3ccccc3)c3ccccc3)=C(/C=C/c3scnc3C)CSC12)c1csc(NC(c2ccccc2)(c2ccccc2)c2ccccc2)n1. The van der Waals surface area contributed by atoms with Gasteiger partial charge in [0.2, 0.25) is 0 Å². The molecule has 2 aromatic heterocycles. The maximum Gasteiger partial charge on any atom is 0.356 e. The zero-order chi connectivity index (χ0) is 44.8. The van der Waals surface area contributed by atoms with Crippen molar-refractivity contribution >= 4 is 69.1 Å². The summed E-state index contributed by atoms with van der Waals surface area (Å²) in [5.74, 6) is -1.41. The third kappa shape index (κ3) is 8.75. The Morgan fingerprint density at radius 1 is 0.800 bits per heavy atom. The lowest BCUT2D eigenvalue weighted by Gasteiger charge is -2.49. The van der Waals surface area contributed by atoms with Gasteiger partial charge in [-0.3, -0.25) is 14.5 Å². The molecule has 7 aromatic rings. The normalized spacial score (nSPS) is 16.3. The monoisotopic (exact) mass is 914 g/mol. The molecular weight excluding hydrogens is 873 g/mol. The Morgan fingerprint density at radius 3 is 1.88 bits per heavy atom. The van der Waals surface area contributed by atoms with Gasteiger partial charge in [-0.25, -0.2) is 14.8 Å². The summed E-state index contributed by atoms with van der Waals surface area (Å²) in [6.07, 6.45) is 3.01. The van der Waals surface area contributed by atoms with Gasteiger partial charge in [-0.15, -0.1) is 34.4 Å². The molecule has 2 amide bonds. The van der Waals surface area contributed by atoms with Crippen LogP contribution in [0.15, 0.2) is 185 Å². The van der Waals surface area contributed by atoms with Crippen LogP contribution < -0.4 is 10.6 Å². The van der Waals surface area contributed by atoms with Crippen molar-refractivity contribution in [3.8, 4) is 0 Å². The van der Waals surface area contributed by atoms with E-state index in [-0.39, 0.29) is 17.1 Å². The zero-order valence-electron chi connectivity index (χ0n) is 35.2. The van der Waals surface area contributed by atoms with Crippen LogP contribution in [0.4, 0.5) is 5.13 Å². The second kappa shape index (κ2) is 19.3. The van der Waals surface area contributed by atoms with E-state index >= 15 is 0 Å². The van der Waals surface area contributed by atoms with Crippen molar-refractivity contribution in [3.63, 3.8) is 0 Å². The summed E-state index contributed by atoms with van der Waals surface area (Å²) in [6.45, 7) is 1.92. The first-order valence-corrected chi connectivity index (χ1v) is 23.6. The second-order valence-electron chi connectivity index (χ2n) is 15.1. The number of β-lactam (4-membered cyclic amide) rings is 1. The van der Waals surface area contributed by atoms with Crippen LogP contribution in [0.2, 0.25) is 0 Å². The average Bonchev–Trinajstić information content (AvgIpc) is 4.01. The van der Waals surface area contributed by atoms with E-state index in [0.29, 0.717) is 16.5 Å². The van der Waals surface area contributed by atoms with Gasteiger partial charge in [-0.05, 0) is 46.4 Å².